The second kappa shape index (κ2) is 4.99. The molecule has 17 heavy (non-hydrogen) atoms. The molecule has 1 heterocycles. The highest BCUT2D eigenvalue weighted by Crippen LogP contribution is 2.19. The zero-order valence-corrected chi connectivity index (χ0v) is 9.85. The lowest BCUT2D eigenvalue weighted by Gasteiger charge is -2.31. The molecule has 90 valence electrons. The van der Waals surface area contributed by atoms with Gasteiger partial charge in [-0.15, -0.1) is 0 Å². The van der Waals surface area contributed by atoms with Gasteiger partial charge in [-0.3, -0.25) is 4.79 Å². The van der Waals surface area contributed by atoms with E-state index in [1.807, 2.05) is 25.1 Å². The van der Waals surface area contributed by atoms with Crippen LogP contribution in [0.3, 0.4) is 0 Å². The molecular formula is C13H16N2O2. The highest BCUT2D eigenvalue weighted by molar-refractivity contribution is 6.16. The van der Waals surface area contributed by atoms with Crippen LogP contribution < -0.4 is 10.2 Å². The molecule has 1 aromatic rings. The summed E-state index contributed by atoms with van der Waals surface area (Å²) in [7, 11) is 0. The summed E-state index contributed by atoms with van der Waals surface area (Å²) >= 11 is 0. The van der Waals surface area contributed by atoms with E-state index in [-0.39, 0.29) is 18.0 Å². The molecule has 2 rings (SSSR count). The first-order chi connectivity index (χ1) is 8.22. The van der Waals surface area contributed by atoms with Crippen molar-refractivity contribution in [3.8, 4) is 0 Å². The Morgan fingerprint density at radius 1 is 1.29 bits per heavy atom. The molecule has 0 aliphatic carbocycles. The van der Waals surface area contributed by atoms with Crippen LogP contribution in [-0.2, 0) is 4.79 Å². The van der Waals surface area contributed by atoms with Crippen molar-refractivity contribution < 1.29 is 9.59 Å². The molecular weight excluding hydrogens is 216 g/mol. The van der Waals surface area contributed by atoms with E-state index in [1.165, 1.54) is 4.90 Å². The quantitative estimate of drug-likeness (QED) is 0.869. The number of anilines is 1. The molecule has 4 nitrogen and oxygen atoms in total. The zero-order valence-electron chi connectivity index (χ0n) is 9.85. The Labute approximate surface area is 101 Å². The van der Waals surface area contributed by atoms with E-state index in [0.29, 0.717) is 12.1 Å². The Bertz CT molecular complexity index is 399. The summed E-state index contributed by atoms with van der Waals surface area (Å²) in [6, 6.07) is 8.68. The van der Waals surface area contributed by atoms with E-state index in [2.05, 4.69) is 5.32 Å². The summed E-state index contributed by atoms with van der Waals surface area (Å²) in [5.41, 5.74) is 0.630. The molecule has 0 bridgehead atoms. The summed E-state index contributed by atoms with van der Waals surface area (Å²) in [4.78, 5) is 25.1. The SMILES string of the molecule is CCCC1CC(=O)N(c2ccccc2)C(=O)N1. The summed E-state index contributed by atoms with van der Waals surface area (Å²) in [6.45, 7) is 2.04. The van der Waals surface area contributed by atoms with E-state index >= 15 is 0 Å². The van der Waals surface area contributed by atoms with Gasteiger partial charge in [0.15, 0.2) is 0 Å². The number of hydrogen-bond acceptors (Lipinski definition) is 2. The van der Waals surface area contributed by atoms with E-state index in [9.17, 15) is 9.59 Å². The van der Waals surface area contributed by atoms with E-state index in [0.717, 1.165) is 12.8 Å². The number of imide groups is 1. The molecule has 1 aliphatic rings. The van der Waals surface area contributed by atoms with Crippen LogP contribution in [0.5, 0.6) is 0 Å². The fourth-order valence-electron chi connectivity index (χ4n) is 2.07. The van der Waals surface area contributed by atoms with Crippen LogP contribution in [-0.4, -0.2) is 18.0 Å². The van der Waals surface area contributed by atoms with Crippen LogP contribution in [0.25, 0.3) is 0 Å². The standard InChI is InChI=1S/C13H16N2O2/c1-2-6-10-9-12(16)15(13(17)14-10)11-7-4-3-5-8-11/h3-5,7-8,10H,2,6,9H2,1H3,(H,14,17). The smallest absolute Gasteiger partial charge is 0.328 e. The molecule has 1 fully saturated rings. The number of carbonyl (C=O) groups is 2. The third-order valence-corrected chi connectivity index (χ3v) is 2.85. The van der Waals surface area contributed by atoms with Crippen molar-refractivity contribution in [2.24, 2.45) is 0 Å². The number of nitrogens with one attached hydrogen (secondary N) is 1. The number of rotatable bonds is 3. The highest BCUT2D eigenvalue weighted by atomic mass is 16.2. The zero-order chi connectivity index (χ0) is 12.3. The molecule has 1 aliphatic heterocycles. The van der Waals surface area contributed by atoms with Crippen LogP contribution in [0.15, 0.2) is 30.3 Å². The first-order valence-electron chi connectivity index (χ1n) is 5.91. The van der Waals surface area contributed by atoms with Gasteiger partial charge < -0.3 is 5.32 Å². The van der Waals surface area contributed by atoms with E-state index < -0.39 is 0 Å². The highest BCUT2D eigenvalue weighted by Gasteiger charge is 2.32. The molecule has 1 aromatic carbocycles. The Balaban J connectivity index is 2.16. The second-order valence-electron chi connectivity index (χ2n) is 4.20. The van der Waals surface area contributed by atoms with E-state index in [1.54, 1.807) is 12.1 Å². The molecule has 0 spiro atoms. The lowest BCUT2D eigenvalue weighted by atomic mass is 10.1. The number of benzene rings is 1. The van der Waals surface area contributed by atoms with Gasteiger partial charge in [0, 0.05) is 12.5 Å². The number of amides is 3. The van der Waals surface area contributed by atoms with Gasteiger partial charge >= 0.3 is 6.03 Å². The van der Waals surface area contributed by atoms with Crippen LogP contribution in [0.2, 0.25) is 0 Å². The second-order valence-corrected chi connectivity index (χ2v) is 4.20. The Hall–Kier alpha value is -1.84. The maximum Gasteiger partial charge on any atom is 0.328 e. The maximum absolute atomic E-state index is 12.0. The van der Waals surface area contributed by atoms with Crippen LogP contribution >= 0.6 is 0 Å². The molecule has 3 amide bonds. The third kappa shape index (κ3) is 2.46. The molecule has 1 unspecified atom stereocenters. The molecule has 0 saturated carbocycles. The van der Waals surface area contributed by atoms with Crippen molar-refractivity contribution in [1.29, 1.82) is 0 Å². The van der Waals surface area contributed by atoms with Crippen molar-refractivity contribution >= 4 is 17.6 Å². The summed E-state index contributed by atoms with van der Waals surface area (Å²) in [6.07, 6.45) is 2.19. The van der Waals surface area contributed by atoms with E-state index in [4.69, 9.17) is 0 Å². The average Bonchev–Trinajstić information content (AvgIpc) is 2.30. The Morgan fingerprint density at radius 2 is 2.00 bits per heavy atom. The predicted octanol–water partition coefficient (Wildman–Crippen LogP) is 2.30. The van der Waals surface area contributed by atoms with Crippen LogP contribution in [0, 0.1) is 0 Å². The fourth-order valence-corrected chi connectivity index (χ4v) is 2.07. The summed E-state index contributed by atoms with van der Waals surface area (Å²) < 4.78 is 0. The average molecular weight is 232 g/mol. The number of urea groups is 1. The molecule has 0 aromatic heterocycles. The first-order valence-corrected chi connectivity index (χ1v) is 5.91. The minimum absolute atomic E-state index is 0.0139. The van der Waals surface area contributed by atoms with Gasteiger partial charge in [0.2, 0.25) is 5.91 Å². The molecule has 1 atom stereocenters. The van der Waals surface area contributed by atoms with Crippen molar-refractivity contribution in [2.45, 2.75) is 32.2 Å². The van der Waals surface area contributed by atoms with Crippen molar-refractivity contribution in [1.82, 2.24) is 5.32 Å². The lowest BCUT2D eigenvalue weighted by molar-refractivity contribution is -0.119. The van der Waals surface area contributed by atoms with Crippen molar-refractivity contribution in [3.63, 3.8) is 0 Å². The molecule has 1 saturated heterocycles. The molecule has 1 N–H and O–H groups in total. The van der Waals surface area contributed by atoms with Gasteiger partial charge in [-0.05, 0) is 18.6 Å². The van der Waals surface area contributed by atoms with Crippen molar-refractivity contribution in [2.75, 3.05) is 4.90 Å². The lowest BCUT2D eigenvalue weighted by Crippen LogP contribution is -2.54. The largest absolute Gasteiger partial charge is 0.334 e. The Morgan fingerprint density at radius 3 is 2.59 bits per heavy atom. The van der Waals surface area contributed by atoms with Crippen LogP contribution in [0.4, 0.5) is 10.5 Å². The predicted molar refractivity (Wildman–Crippen MR) is 65.8 cm³/mol. The normalized spacial score (nSPS) is 20.3. The number of nitrogens with zero attached hydrogens (tertiary/aromatic N) is 1. The fraction of sp³-hybridized carbons (Fsp3) is 0.385. The maximum atomic E-state index is 12.0. The van der Waals surface area contributed by atoms with Crippen LogP contribution in [0.1, 0.15) is 26.2 Å². The van der Waals surface area contributed by atoms with Gasteiger partial charge in [0.25, 0.3) is 0 Å². The monoisotopic (exact) mass is 232 g/mol. The van der Waals surface area contributed by atoms with Crippen molar-refractivity contribution in [3.05, 3.63) is 30.3 Å². The number of hydrogen-bond donors (Lipinski definition) is 1. The first kappa shape index (κ1) is 11.6. The summed E-state index contributed by atoms with van der Waals surface area (Å²) in [5, 5.41) is 2.86. The molecule has 4 heteroatoms. The van der Waals surface area contributed by atoms with Gasteiger partial charge in [0.05, 0.1) is 5.69 Å². The van der Waals surface area contributed by atoms with Gasteiger partial charge in [-0.1, -0.05) is 31.5 Å². The number of para-hydroxylation sites is 1. The summed E-state index contributed by atoms with van der Waals surface area (Å²) in [5.74, 6) is -0.126. The minimum atomic E-state index is -0.314. The Kier molecular flexibility index (Phi) is 3.42. The van der Waals surface area contributed by atoms with Gasteiger partial charge in [-0.25, -0.2) is 9.69 Å². The minimum Gasteiger partial charge on any atom is -0.334 e. The van der Waals surface area contributed by atoms with Gasteiger partial charge in [0.1, 0.15) is 0 Å². The topological polar surface area (TPSA) is 49.4 Å². The molecule has 0 radical (unpaired) electrons. The van der Waals surface area contributed by atoms with Gasteiger partial charge in [-0.2, -0.15) is 0 Å². The number of carbonyl (C=O) groups excluding carboxylic acids is 2. The third-order valence-electron chi connectivity index (χ3n) is 2.85.